The van der Waals surface area contributed by atoms with Crippen LogP contribution in [0.3, 0.4) is 0 Å². The minimum absolute atomic E-state index is 0.109. The number of hydrogen-bond acceptors (Lipinski definition) is 3. The first-order chi connectivity index (χ1) is 8.69. The summed E-state index contributed by atoms with van der Waals surface area (Å²) in [4.78, 5) is 13.6. The van der Waals surface area contributed by atoms with Crippen LogP contribution in [0.15, 0.2) is 0 Å². The Labute approximate surface area is 110 Å². The van der Waals surface area contributed by atoms with Crippen LogP contribution in [0, 0.1) is 0 Å². The molecule has 1 aliphatic heterocycles. The summed E-state index contributed by atoms with van der Waals surface area (Å²) in [6, 6.07) is 1.87. The fourth-order valence-corrected chi connectivity index (χ4v) is 3.46. The van der Waals surface area contributed by atoms with Crippen molar-refractivity contribution < 1.29 is 4.79 Å². The van der Waals surface area contributed by atoms with Gasteiger partial charge in [-0.2, -0.15) is 0 Å². The van der Waals surface area contributed by atoms with Crippen LogP contribution < -0.4 is 10.6 Å². The van der Waals surface area contributed by atoms with E-state index in [1.165, 1.54) is 25.7 Å². The molecule has 1 atom stereocenters. The van der Waals surface area contributed by atoms with E-state index in [0.29, 0.717) is 6.04 Å². The van der Waals surface area contributed by atoms with Gasteiger partial charge in [-0.1, -0.05) is 6.92 Å². The molecule has 18 heavy (non-hydrogen) atoms. The van der Waals surface area contributed by atoms with Crippen LogP contribution in [-0.2, 0) is 4.79 Å². The Hall–Kier alpha value is -0.610. The molecule has 2 aliphatic rings. The molecule has 1 amide bonds. The summed E-state index contributed by atoms with van der Waals surface area (Å²) in [6.07, 6.45) is 6.35. The Balaban J connectivity index is 1.72. The fourth-order valence-electron chi connectivity index (χ4n) is 3.46. The minimum atomic E-state index is 0.109. The molecular weight excluding hydrogens is 226 g/mol. The lowest BCUT2D eigenvalue weighted by molar-refractivity contribution is -0.119. The second-order valence-electron chi connectivity index (χ2n) is 5.74. The maximum atomic E-state index is 11.1. The van der Waals surface area contributed by atoms with Crippen molar-refractivity contribution in [3.63, 3.8) is 0 Å². The van der Waals surface area contributed by atoms with Crippen molar-refractivity contribution in [2.75, 3.05) is 19.6 Å². The zero-order valence-corrected chi connectivity index (χ0v) is 11.7. The zero-order chi connectivity index (χ0) is 13.0. The second kappa shape index (κ2) is 6.53. The van der Waals surface area contributed by atoms with Gasteiger partial charge in [-0.15, -0.1) is 0 Å². The number of hydrogen-bond donors (Lipinski definition) is 2. The molecule has 0 aromatic rings. The number of carbonyl (C=O) groups excluding carboxylic acids is 1. The average Bonchev–Trinajstić information content (AvgIpc) is 2.78. The summed E-state index contributed by atoms with van der Waals surface area (Å²) in [5.41, 5.74) is 0. The van der Waals surface area contributed by atoms with Crippen molar-refractivity contribution in [2.24, 2.45) is 0 Å². The topological polar surface area (TPSA) is 44.4 Å². The number of nitrogens with one attached hydrogen (secondary N) is 2. The summed E-state index contributed by atoms with van der Waals surface area (Å²) in [5.74, 6) is 0.109. The van der Waals surface area contributed by atoms with Crippen molar-refractivity contribution in [1.82, 2.24) is 15.5 Å². The predicted molar refractivity (Wildman–Crippen MR) is 73.5 cm³/mol. The number of amides is 1. The maximum absolute atomic E-state index is 11.1. The Morgan fingerprint density at radius 2 is 1.89 bits per heavy atom. The molecule has 1 saturated carbocycles. The molecule has 0 aromatic heterocycles. The third-order valence-corrected chi connectivity index (χ3v) is 4.33. The van der Waals surface area contributed by atoms with E-state index >= 15 is 0 Å². The maximum Gasteiger partial charge on any atom is 0.217 e. The van der Waals surface area contributed by atoms with Gasteiger partial charge < -0.3 is 10.6 Å². The van der Waals surface area contributed by atoms with E-state index in [2.05, 4.69) is 22.5 Å². The lowest BCUT2D eigenvalue weighted by atomic mass is 9.90. The van der Waals surface area contributed by atoms with Crippen molar-refractivity contribution in [1.29, 1.82) is 0 Å². The number of carbonyl (C=O) groups is 1. The zero-order valence-electron chi connectivity index (χ0n) is 11.7. The SMILES string of the molecule is CCNC1CCC(N2CCC(NC(C)=O)C2)CC1. The average molecular weight is 253 g/mol. The molecule has 1 aliphatic carbocycles. The van der Waals surface area contributed by atoms with Gasteiger partial charge in [0.1, 0.15) is 0 Å². The molecule has 0 spiro atoms. The van der Waals surface area contributed by atoms with E-state index in [4.69, 9.17) is 0 Å². The molecule has 0 aromatic carbocycles. The molecule has 2 rings (SSSR count). The fraction of sp³-hybridized carbons (Fsp3) is 0.929. The van der Waals surface area contributed by atoms with Gasteiger partial charge in [-0.3, -0.25) is 9.69 Å². The molecule has 0 radical (unpaired) electrons. The van der Waals surface area contributed by atoms with Crippen LogP contribution >= 0.6 is 0 Å². The number of likely N-dealkylation sites (tertiary alicyclic amines) is 1. The van der Waals surface area contributed by atoms with Gasteiger partial charge in [-0.25, -0.2) is 0 Å². The van der Waals surface area contributed by atoms with Gasteiger partial charge in [0.05, 0.1) is 0 Å². The summed E-state index contributed by atoms with van der Waals surface area (Å²) < 4.78 is 0. The lowest BCUT2D eigenvalue weighted by Gasteiger charge is -2.35. The summed E-state index contributed by atoms with van der Waals surface area (Å²) in [7, 11) is 0. The Morgan fingerprint density at radius 1 is 1.17 bits per heavy atom. The summed E-state index contributed by atoms with van der Waals surface area (Å²) in [5, 5.41) is 6.60. The quantitative estimate of drug-likeness (QED) is 0.789. The van der Waals surface area contributed by atoms with Crippen LogP contribution in [0.2, 0.25) is 0 Å². The van der Waals surface area contributed by atoms with Crippen LogP contribution in [0.4, 0.5) is 0 Å². The first kappa shape index (κ1) is 13.8. The van der Waals surface area contributed by atoms with Gasteiger partial charge in [0.15, 0.2) is 0 Å². The van der Waals surface area contributed by atoms with Crippen LogP contribution in [0.25, 0.3) is 0 Å². The van der Waals surface area contributed by atoms with Crippen molar-refractivity contribution in [3.8, 4) is 0 Å². The third kappa shape index (κ3) is 3.69. The van der Waals surface area contributed by atoms with E-state index in [9.17, 15) is 4.79 Å². The number of nitrogens with zero attached hydrogens (tertiary/aromatic N) is 1. The van der Waals surface area contributed by atoms with Crippen molar-refractivity contribution in [2.45, 2.75) is 64.1 Å². The smallest absolute Gasteiger partial charge is 0.217 e. The first-order valence-corrected chi connectivity index (χ1v) is 7.43. The van der Waals surface area contributed by atoms with E-state index in [1.807, 2.05) is 0 Å². The van der Waals surface area contributed by atoms with Gasteiger partial charge in [0.25, 0.3) is 0 Å². The van der Waals surface area contributed by atoms with Gasteiger partial charge in [-0.05, 0) is 38.6 Å². The molecule has 0 bridgehead atoms. The highest BCUT2D eigenvalue weighted by atomic mass is 16.1. The Kier molecular flexibility index (Phi) is 5.01. The molecular formula is C14H27N3O. The standard InChI is InChI=1S/C14H27N3O/c1-3-15-12-4-6-14(7-5-12)17-9-8-13(10-17)16-11(2)18/h12-15H,3-10H2,1-2H3,(H,16,18). The Bertz CT molecular complexity index is 274. The molecule has 1 heterocycles. The van der Waals surface area contributed by atoms with Crippen molar-refractivity contribution >= 4 is 5.91 Å². The van der Waals surface area contributed by atoms with E-state index in [1.54, 1.807) is 6.92 Å². The highest BCUT2D eigenvalue weighted by Crippen LogP contribution is 2.26. The molecule has 2 fully saturated rings. The van der Waals surface area contributed by atoms with Crippen molar-refractivity contribution in [3.05, 3.63) is 0 Å². The first-order valence-electron chi connectivity index (χ1n) is 7.43. The minimum Gasteiger partial charge on any atom is -0.352 e. The van der Waals surface area contributed by atoms with Crippen LogP contribution in [-0.4, -0.2) is 48.6 Å². The summed E-state index contributed by atoms with van der Waals surface area (Å²) in [6.45, 7) is 7.09. The van der Waals surface area contributed by atoms with Gasteiger partial charge in [0.2, 0.25) is 5.91 Å². The molecule has 104 valence electrons. The largest absolute Gasteiger partial charge is 0.352 e. The van der Waals surface area contributed by atoms with Gasteiger partial charge >= 0.3 is 0 Å². The third-order valence-electron chi connectivity index (χ3n) is 4.33. The van der Waals surface area contributed by atoms with E-state index < -0.39 is 0 Å². The second-order valence-corrected chi connectivity index (χ2v) is 5.74. The molecule has 4 heteroatoms. The van der Waals surface area contributed by atoms with Crippen LogP contribution in [0.1, 0.15) is 46.0 Å². The van der Waals surface area contributed by atoms with Gasteiger partial charge in [0, 0.05) is 38.1 Å². The van der Waals surface area contributed by atoms with Crippen LogP contribution in [0.5, 0.6) is 0 Å². The van der Waals surface area contributed by atoms with E-state index in [-0.39, 0.29) is 5.91 Å². The molecule has 2 N–H and O–H groups in total. The van der Waals surface area contributed by atoms with E-state index in [0.717, 1.165) is 38.1 Å². The molecule has 4 nitrogen and oxygen atoms in total. The number of rotatable bonds is 4. The molecule has 1 unspecified atom stereocenters. The normalized spacial score (nSPS) is 33.6. The Morgan fingerprint density at radius 3 is 2.50 bits per heavy atom. The molecule has 1 saturated heterocycles. The lowest BCUT2D eigenvalue weighted by Crippen LogP contribution is -2.43. The summed E-state index contributed by atoms with van der Waals surface area (Å²) >= 11 is 0. The highest BCUT2D eigenvalue weighted by Gasteiger charge is 2.31. The monoisotopic (exact) mass is 253 g/mol. The predicted octanol–water partition coefficient (Wildman–Crippen LogP) is 1.12. The highest BCUT2D eigenvalue weighted by molar-refractivity contribution is 5.73.